The highest BCUT2D eigenvalue weighted by Crippen LogP contribution is 2.42. The van der Waals surface area contributed by atoms with Gasteiger partial charge in [0.1, 0.15) is 6.04 Å². The van der Waals surface area contributed by atoms with Crippen molar-refractivity contribution in [1.29, 1.82) is 0 Å². The molecule has 2 amide bonds. The third kappa shape index (κ3) is 3.69. The van der Waals surface area contributed by atoms with Gasteiger partial charge < -0.3 is 10.6 Å². The Kier molecular flexibility index (Phi) is 5.10. The maximum Gasteiger partial charge on any atom is 0.240 e. The molecular weight excluding hydrogens is 342 g/mol. The summed E-state index contributed by atoms with van der Waals surface area (Å²) in [5, 5.41) is 0. The van der Waals surface area contributed by atoms with E-state index in [0.717, 1.165) is 19.3 Å². The van der Waals surface area contributed by atoms with E-state index in [1.807, 2.05) is 0 Å². The summed E-state index contributed by atoms with van der Waals surface area (Å²) in [5.74, 6) is -0.202. The second-order valence-electron chi connectivity index (χ2n) is 6.71. The van der Waals surface area contributed by atoms with Gasteiger partial charge in [-0.3, -0.25) is 9.59 Å². The van der Waals surface area contributed by atoms with Crippen molar-refractivity contribution in [2.45, 2.75) is 36.6 Å². The number of nitrogens with two attached hydrogens (primary N) is 1. The average Bonchev–Trinajstić information content (AvgIpc) is 3.15. The van der Waals surface area contributed by atoms with Crippen LogP contribution in [0.25, 0.3) is 0 Å². The maximum absolute atomic E-state index is 12.5. The predicted octanol–water partition coefficient (Wildman–Crippen LogP) is 0.467. The third-order valence-electron chi connectivity index (χ3n) is 5.19. The number of likely N-dealkylation sites (tertiary alicyclic amines) is 1. The number of benzene rings is 1. The van der Waals surface area contributed by atoms with Crippen molar-refractivity contribution in [3.8, 4) is 0 Å². The molecule has 1 heterocycles. The second kappa shape index (κ2) is 7.13. The zero-order valence-electron chi connectivity index (χ0n) is 13.9. The minimum Gasteiger partial charge on any atom is -0.368 e. The van der Waals surface area contributed by atoms with Crippen LogP contribution < -0.4 is 10.5 Å². The molecular formula is C17H23N3O4S. The molecule has 0 spiro atoms. The number of rotatable bonds is 6. The fourth-order valence-corrected chi connectivity index (χ4v) is 5.10. The molecule has 1 aliphatic heterocycles. The Morgan fingerprint density at radius 1 is 1.20 bits per heavy atom. The molecule has 0 bridgehead atoms. The van der Waals surface area contributed by atoms with E-state index in [9.17, 15) is 18.0 Å². The van der Waals surface area contributed by atoms with Gasteiger partial charge in [-0.15, -0.1) is 0 Å². The highest BCUT2D eigenvalue weighted by Gasteiger charge is 2.48. The van der Waals surface area contributed by atoms with Crippen molar-refractivity contribution in [2.75, 3.05) is 13.1 Å². The Hall–Kier alpha value is -1.93. The van der Waals surface area contributed by atoms with Crippen LogP contribution in [-0.2, 0) is 19.6 Å². The SMILES string of the molecule is NC(=O)C1C2CCCC2CN1C(=O)CCNS(=O)(=O)c1ccccc1. The van der Waals surface area contributed by atoms with Gasteiger partial charge in [-0.2, -0.15) is 0 Å². The monoisotopic (exact) mass is 365 g/mol. The van der Waals surface area contributed by atoms with Crippen LogP contribution in [0.15, 0.2) is 35.2 Å². The number of hydrogen-bond donors (Lipinski definition) is 2. The molecule has 0 aromatic heterocycles. The summed E-state index contributed by atoms with van der Waals surface area (Å²) in [4.78, 5) is 26.0. The van der Waals surface area contributed by atoms with Crippen LogP contribution in [0.3, 0.4) is 0 Å². The van der Waals surface area contributed by atoms with E-state index < -0.39 is 22.0 Å². The number of fused-ring (bicyclic) bond motifs is 1. The van der Waals surface area contributed by atoms with Gasteiger partial charge in [-0.25, -0.2) is 13.1 Å². The topological polar surface area (TPSA) is 110 Å². The molecule has 3 atom stereocenters. The largest absolute Gasteiger partial charge is 0.368 e. The number of primary amides is 1. The molecule has 0 radical (unpaired) electrons. The molecule has 1 saturated carbocycles. The minimum atomic E-state index is -3.64. The Labute approximate surface area is 147 Å². The Morgan fingerprint density at radius 3 is 2.60 bits per heavy atom. The van der Waals surface area contributed by atoms with Gasteiger partial charge >= 0.3 is 0 Å². The van der Waals surface area contributed by atoms with E-state index >= 15 is 0 Å². The molecule has 1 saturated heterocycles. The van der Waals surface area contributed by atoms with Crippen molar-refractivity contribution in [1.82, 2.24) is 9.62 Å². The summed E-state index contributed by atoms with van der Waals surface area (Å²) in [7, 11) is -3.64. The zero-order chi connectivity index (χ0) is 18.0. The molecule has 1 aliphatic carbocycles. The molecule has 2 fully saturated rings. The van der Waals surface area contributed by atoms with Crippen molar-refractivity contribution < 1.29 is 18.0 Å². The highest BCUT2D eigenvalue weighted by molar-refractivity contribution is 7.89. The van der Waals surface area contributed by atoms with Gasteiger partial charge in [-0.05, 0) is 36.8 Å². The number of nitrogens with zero attached hydrogens (tertiary/aromatic N) is 1. The van der Waals surface area contributed by atoms with Gasteiger partial charge in [0.25, 0.3) is 0 Å². The van der Waals surface area contributed by atoms with Crippen LogP contribution in [0, 0.1) is 11.8 Å². The second-order valence-corrected chi connectivity index (χ2v) is 8.48. The standard InChI is InChI=1S/C17H23N3O4S/c18-17(22)16-14-8-4-5-12(14)11-20(16)15(21)9-10-19-25(23,24)13-6-2-1-3-7-13/h1-3,6-7,12,14,16,19H,4-5,8-11H2,(H2,18,22). The number of hydrogen-bond acceptors (Lipinski definition) is 4. The van der Waals surface area contributed by atoms with Crippen LogP contribution in [0.1, 0.15) is 25.7 Å². The number of carbonyl (C=O) groups is 2. The smallest absolute Gasteiger partial charge is 0.240 e. The molecule has 1 aromatic rings. The summed E-state index contributed by atoms with van der Waals surface area (Å²) in [6, 6.07) is 7.45. The van der Waals surface area contributed by atoms with E-state index in [4.69, 9.17) is 5.73 Å². The lowest BCUT2D eigenvalue weighted by atomic mass is 9.94. The molecule has 7 nitrogen and oxygen atoms in total. The predicted molar refractivity (Wildman–Crippen MR) is 91.8 cm³/mol. The first kappa shape index (κ1) is 17.9. The van der Waals surface area contributed by atoms with Gasteiger partial charge in [-0.1, -0.05) is 24.6 Å². The van der Waals surface area contributed by atoms with Crippen LogP contribution in [0.5, 0.6) is 0 Å². The first-order valence-corrected chi connectivity index (χ1v) is 10.0. The first-order chi connectivity index (χ1) is 11.9. The lowest BCUT2D eigenvalue weighted by molar-refractivity contribution is -0.138. The summed E-state index contributed by atoms with van der Waals surface area (Å²) < 4.78 is 26.7. The summed E-state index contributed by atoms with van der Waals surface area (Å²) in [5.41, 5.74) is 5.51. The fourth-order valence-electron chi connectivity index (χ4n) is 4.05. The Balaban J connectivity index is 1.58. The normalized spacial score (nSPS) is 25.8. The van der Waals surface area contributed by atoms with Gasteiger partial charge in [0.15, 0.2) is 0 Å². The van der Waals surface area contributed by atoms with E-state index in [2.05, 4.69) is 4.72 Å². The number of sulfonamides is 1. The van der Waals surface area contributed by atoms with Crippen LogP contribution in [0.4, 0.5) is 0 Å². The summed E-state index contributed by atoms with van der Waals surface area (Å²) in [6.45, 7) is 0.538. The van der Waals surface area contributed by atoms with Crippen molar-refractivity contribution in [2.24, 2.45) is 17.6 Å². The number of amides is 2. The zero-order valence-corrected chi connectivity index (χ0v) is 14.7. The van der Waals surface area contributed by atoms with Crippen molar-refractivity contribution in [3.05, 3.63) is 30.3 Å². The molecule has 1 aromatic carbocycles. The lowest BCUT2D eigenvalue weighted by Gasteiger charge is -2.25. The summed E-state index contributed by atoms with van der Waals surface area (Å²) >= 11 is 0. The Morgan fingerprint density at radius 2 is 1.92 bits per heavy atom. The molecule has 3 unspecified atom stereocenters. The molecule has 136 valence electrons. The fraction of sp³-hybridized carbons (Fsp3) is 0.529. The number of carbonyl (C=O) groups excluding carboxylic acids is 2. The molecule has 2 aliphatic rings. The van der Waals surface area contributed by atoms with Gasteiger partial charge in [0.05, 0.1) is 4.90 Å². The maximum atomic E-state index is 12.5. The number of nitrogens with one attached hydrogen (secondary N) is 1. The third-order valence-corrected chi connectivity index (χ3v) is 6.66. The minimum absolute atomic E-state index is 0.00657. The van der Waals surface area contributed by atoms with Crippen LogP contribution >= 0.6 is 0 Å². The van der Waals surface area contributed by atoms with E-state index in [-0.39, 0.29) is 29.7 Å². The van der Waals surface area contributed by atoms with E-state index in [1.54, 1.807) is 23.1 Å². The van der Waals surface area contributed by atoms with Crippen LogP contribution in [0.2, 0.25) is 0 Å². The Bertz CT molecular complexity index is 750. The molecule has 25 heavy (non-hydrogen) atoms. The van der Waals surface area contributed by atoms with E-state index in [0.29, 0.717) is 12.5 Å². The molecule has 8 heteroatoms. The van der Waals surface area contributed by atoms with Gasteiger partial charge in [0, 0.05) is 19.5 Å². The van der Waals surface area contributed by atoms with Crippen LogP contribution in [-0.4, -0.2) is 44.3 Å². The molecule has 3 rings (SSSR count). The highest BCUT2D eigenvalue weighted by atomic mass is 32.2. The van der Waals surface area contributed by atoms with E-state index in [1.165, 1.54) is 12.1 Å². The van der Waals surface area contributed by atoms with Gasteiger partial charge in [0.2, 0.25) is 21.8 Å². The summed E-state index contributed by atoms with van der Waals surface area (Å²) in [6.07, 6.45) is 3.01. The quantitative estimate of drug-likeness (QED) is 0.763. The van der Waals surface area contributed by atoms with Crippen molar-refractivity contribution >= 4 is 21.8 Å². The molecule has 3 N–H and O–H groups in total. The first-order valence-electron chi connectivity index (χ1n) is 8.53. The lowest BCUT2D eigenvalue weighted by Crippen LogP contribution is -2.47. The average molecular weight is 365 g/mol. The van der Waals surface area contributed by atoms with Crippen molar-refractivity contribution in [3.63, 3.8) is 0 Å².